The highest BCUT2D eigenvalue weighted by Crippen LogP contribution is 2.19. The topological polar surface area (TPSA) is 30.0 Å². The lowest BCUT2D eigenvalue weighted by atomic mass is 9.99. The molecule has 2 nitrogen and oxygen atoms in total. The van der Waals surface area contributed by atoms with Crippen LogP contribution in [-0.4, -0.2) is 10.8 Å². The van der Waals surface area contributed by atoms with Crippen LogP contribution in [0.1, 0.15) is 32.7 Å². The molecule has 92 valence electrons. The SMILES string of the molecule is Cc1ccnc(C(=O)c2c(C)cc(C)cc2F)c1. The van der Waals surface area contributed by atoms with Crippen LogP contribution in [0.3, 0.4) is 0 Å². The van der Waals surface area contributed by atoms with E-state index in [9.17, 15) is 9.18 Å². The van der Waals surface area contributed by atoms with Crippen molar-refractivity contribution in [1.29, 1.82) is 0 Å². The average molecular weight is 243 g/mol. The van der Waals surface area contributed by atoms with Gasteiger partial charge in [0.15, 0.2) is 0 Å². The van der Waals surface area contributed by atoms with Gasteiger partial charge in [-0.2, -0.15) is 0 Å². The molecule has 1 aromatic carbocycles. The van der Waals surface area contributed by atoms with Crippen LogP contribution in [0.25, 0.3) is 0 Å². The van der Waals surface area contributed by atoms with E-state index in [0.29, 0.717) is 5.56 Å². The van der Waals surface area contributed by atoms with Crippen LogP contribution >= 0.6 is 0 Å². The maximum atomic E-state index is 13.9. The molecule has 0 spiro atoms. The predicted molar refractivity (Wildman–Crippen MR) is 68.3 cm³/mol. The van der Waals surface area contributed by atoms with Gasteiger partial charge in [-0.05, 0) is 55.7 Å². The molecule has 18 heavy (non-hydrogen) atoms. The van der Waals surface area contributed by atoms with Gasteiger partial charge in [0.05, 0.1) is 5.56 Å². The molecule has 2 rings (SSSR count). The normalized spacial score (nSPS) is 10.4. The Hall–Kier alpha value is -2.03. The molecule has 0 aliphatic carbocycles. The number of pyridine rings is 1. The lowest BCUT2D eigenvalue weighted by molar-refractivity contribution is 0.103. The third-order valence-corrected chi connectivity index (χ3v) is 2.81. The standard InChI is InChI=1S/C15H14FNO/c1-9-4-5-17-13(8-9)15(18)14-11(3)6-10(2)7-12(14)16/h4-8H,1-3H3. The van der Waals surface area contributed by atoms with Crippen LogP contribution in [0.15, 0.2) is 30.5 Å². The van der Waals surface area contributed by atoms with Crippen LogP contribution in [0, 0.1) is 26.6 Å². The summed E-state index contributed by atoms with van der Waals surface area (Å²) in [5.41, 5.74) is 2.76. The number of carbonyl (C=O) groups is 1. The molecule has 1 aromatic heterocycles. The van der Waals surface area contributed by atoms with E-state index in [2.05, 4.69) is 4.98 Å². The first-order chi connectivity index (χ1) is 8.49. The first-order valence-electron chi connectivity index (χ1n) is 5.73. The third-order valence-electron chi connectivity index (χ3n) is 2.81. The van der Waals surface area contributed by atoms with Crippen LogP contribution in [-0.2, 0) is 0 Å². The summed E-state index contributed by atoms with van der Waals surface area (Å²) in [6.07, 6.45) is 1.56. The second-order valence-corrected chi connectivity index (χ2v) is 4.49. The lowest BCUT2D eigenvalue weighted by Crippen LogP contribution is -2.09. The molecular weight excluding hydrogens is 229 g/mol. The van der Waals surface area contributed by atoms with Gasteiger partial charge < -0.3 is 0 Å². The summed E-state index contributed by atoms with van der Waals surface area (Å²) in [5, 5.41) is 0. The zero-order valence-corrected chi connectivity index (χ0v) is 10.6. The highest BCUT2D eigenvalue weighted by molar-refractivity contribution is 6.08. The molecule has 0 fully saturated rings. The molecule has 0 radical (unpaired) electrons. The minimum atomic E-state index is -0.485. The molecule has 3 heteroatoms. The first-order valence-corrected chi connectivity index (χ1v) is 5.73. The Bertz CT molecular complexity index is 597. The fourth-order valence-electron chi connectivity index (χ4n) is 1.99. The fourth-order valence-corrected chi connectivity index (χ4v) is 1.99. The van der Waals surface area contributed by atoms with Crippen molar-refractivity contribution in [2.45, 2.75) is 20.8 Å². The Balaban J connectivity index is 2.53. The van der Waals surface area contributed by atoms with Gasteiger partial charge >= 0.3 is 0 Å². The van der Waals surface area contributed by atoms with Gasteiger partial charge in [-0.1, -0.05) is 6.07 Å². The molecule has 0 unspecified atom stereocenters. The van der Waals surface area contributed by atoms with Crippen molar-refractivity contribution in [2.24, 2.45) is 0 Å². The molecule has 0 saturated carbocycles. The number of nitrogens with zero attached hydrogens (tertiary/aromatic N) is 1. The number of carbonyl (C=O) groups excluding carboxylic acids is 1. The molecule has 2 aromatic rings. The molecule has 0 aliphatic rings. The largest absolute Gasteiger partial charge is 0.287 e. The predicted octanol–water partition coefficient (Wildman–Crippen LogP) is 3.38. The molecule has 0 amide bonds. The summed E-state index contributed by atoms with van der Waals surface area (Å²) in [5.74, 6) is -0.852. The second kappa shape index (κ2) is 4.69. The number of halogens is 1. The van der Waals surface area contributed by atoms with Gasteiger partial charge in [-0.15, -0.1) is 0 Å². The minimum absolute atomic E-state index is 0.110. The van der Waals surface area contributed by atoms with Gasteiger partial charge in [0, 0.05) is 6.20 Å². The van der Waals surface area contributed by atoms with E-state index in [1.807, 2.05) is 6.92 Å². The molecular formula is C15H14FNO. The summed E-state index contributed by atoms with van der Waals surface area (Å²) in [6, 6.07) is 6.64. The molecule has 1 heterocycles. The van der Waals surface area contributed by atoms with E-state index in [-0.39, 0.29) is 17.0 Å². The van der Waals surface area contributed by atoms with Gasteiger partial charge in [0.25, 0.3) is 0 Å². The van der Waals surface area contributed by atoms with Crippen LogP contribution in [0.5, 0.6) is 0 Å². The number of rotatable bonds is 2. The van der Waals surface area contributed by atoms with Crippen LogP contribution in [0.2, 0.25) is 0 Å². The van der Waals surface area contributed by atoms with Gasteiger partial charge in [-0.3, -0.25) is 9.78 Å². The molecule has 0 saturated heterocycles. The number of aryl methyl sites for hydroxylation is 3. The van der Waals surface area contributed by atoms with Crippen molar-refractivity contribution in [2.75, 3.05) is 0 Å². The molecule has 0 N–H and O–H groups in total. The molecule has 0 aliphatic heterocycles. The van der Waals surface area contributed by atoms with Gasteiger partial charge in [0.1, 0.15) is 11.5 Å². The third kappa shape index (κ3) is 2.30. The number of benzene rings is 1. The Labute approximate surface area is 105 Å². The summed E-state index contributed by atoms with van der Waals surface area (Å²) >= 11 is 0. The van der Waals surface area contributed by atoms with Gasteiger partial charge in [-0.25, -0.2) is 4.39 Å². The van der Waals surface area contributed by atoms with Crippen molar-refractivity contribution in [3.8, 4) is 0 Å². The Morgan fingerprint density at radius 1 is 1.11 bits per heavy atom. The quantitative estimate of drug-likeness (QED) is 0.757. The minimum Gasteiger partial charge on any atom is -0.287 e. The smallest absolute Gasteiger partial charge is 0.214 e. The summed E-state index contributed by atoms with van der Waals surface area (Å²) in [4.78, 5) is 16.3. The number of aromatic nitrogens is 1. The summed E-state index contributed by atoms with van der Waals surface area (Å²) in [7, 11) is 0. The average Bonchev–Trinajstić information content (AvgIpc) is 2.27. The second-order valence-electron chi connectivity index (χ2n) is 4.49. The van der Waals surface area contributed by atoms with E-state index < -0.39 is 5.82 Å². The van der Waals surface area contributed by atoms with E-state index in [4.69, 9.17) is 0 Å². The van der Waals surface area contributed by atoms with Gasteiger partial charge in [0.2, 0.25) is 5.78 Å². The van der Waals surface area contributed by atoms with Crippen molar-refractivity contribution >= 4 is 5.78 Å². The van der Waals surface area contributed by atoms with E-state index in [1.165, 1.54) is 6.07 Å². The highest BCUT2D eigenvalue weighted by atomic mass is 19.1. The maximum Gasteiger partial charge on any atom is 0.214 e. The summed E-state index contributed by atoms with van der Waals surface area (Å²) < 4.78 is 13.9. The van der Waals surface area contributed by atoms with Crippen LogP contribution in [0.4, 0.5) is 4.39 Å². The zero-order chi connectivity index (χ0) is 13.3. The zero-order valence-electron chi connectivity index (χ0n) is 10.6. The number of hydrogen-bond donors (Lipinski definition) is 0. The Morgan fingerprint density at radius 2 is 1.83 bits per heavy atom. The van der Waals surface area contributed by atoms with Crippen LogP contribution < -0.4 is 0 Å². The maximum absolute atomic E-state index is 13.9. The van der Waals surface area contributed by atoms with E-state index in [1.54, 1.807) is 38.2 Å². The number of ketones is 1. The molecule has 0 atom stereocenters. The highest BCUT2D eigenvalue weighted by Gasteiger charge is 2.18. The van der Waals surface area contributed by atoms with E-state index >= 15 is 0 Å². The van der Waals surface area contributed by atoms with Crippen molar-refractivity contribution < 1.29 is 9.18 Å². The lowest BCUT2D eigenvalue weighted by Gasteiger charge is -2.07. The fraction of sp³-hybridized carbons (Fsp3) is 0.200. The van der Waals surface area contributed by atoms with Crippen molar-refractivity contribution in [3.63, 3.8) is 0 Å². The monoisotopic (exact) mass is 243 g/mol. The van der Waals surface area contributed by atoms with Crippen molar-refractivity contribution in [3.05, 3.63) is 64.2 Å². The van der Waals surface area contributed by atoms with E-state index in [0.717, 1.165) is 11.1 Å². The first kappa shape index (κ1) is 12.4. The Kier molecular flexibility index (Phi) is 3.24. The molecule has 0 bridgehead atoms. The van der Waals surface area contributed by atoms with Crippen molar-refractivity contribution in [1.82, 2.24) is 4.98 Å². The number of hydrogen-bond acceptors (Lipinski definition) is 2. The summed E-state index contributed by atoms with van der Waals surface area (Å²) in [6.45, 7) is 5.41. The Morgan fingerprint density at radius 3 is 2.44 bits per heavy atom.